The Kier molecular flexibility index (Phi) is 5.92. The zero-order valence-corrected chi connectivity index (χ0v) is 18.4. The molecule has 0 radical (unpaired) electrons. The van der Waals surface area contributed by atoms with Crippen molar-refractivity contribution >= 4 is 41.0 Å². The van der Waals surface area contributed by atoms with Crippen LogP contribution in [0, 0.1) is 6.92 Å². The second-order valence-corrected chi connectivity index (χ2v) is 8.51. The predicted octanol–water partition coefficient (Wildman–Crippen LogP) is 4.14. The largest absolute Gasteiger partial charge is 0.444 e. The SMILES string of the molecule is Cc1nc2nc(C(N)=O)cn2c(-c2ccc(Cl)cc2Cl)c1CNC(=O)OC(C)(C)C. The third kappa shape index (κ3) is 4.66. The van der Waals surface area contributed by atoms with Gasteiger partial charge in [0.05, 0.1) is 17.3 Å². The summed E-state index contributed by atoms with van der Waals surface area (Å²) in [7, 11) is 0. The lowest BCUT2D eigenvalue weighted by molar-refractivity contribution is 0.0523. The first kappa shape index (κ1) is 21.9. The van der Waals surface area contributed by atoms with Gasteiger partial charge in [0.15, 0.2) is 0 Å². The molecule has 0 spiro atoms. The van der Waals surface area contributed by atoms with Crippen molar-refractivity contribution in [1.82, 2.24) is 19.7 Å². The van der Waals surface area contributed by atoms with Gasteiger partial charge in [0.2, 0.25) is 5.78 Å². The van der Waals surface area contributed by atoms with E-state index in [9.17, 15) is 9.59 Å². The number of aromatic nitrogens is 3. The molecule has 0 saturated carbocycles. The highest BCUT2D eigenvalue weighted by Gasteiger charge is 2.22. The molecule has 2 heterocycles. The van der Waals surface area contributed by atoms with Crippen LogP contribution in [0.4, 0.5) is 4.79 Å². The van der Waals surface area contributed by atoms with E-state index >= 15 is 0 Å². The molecular formula is C20H21Cl2N5O3. The van der Waals surface area contributed by atoms with Gasteiger partial charge in [-0.25, -0.2) is 14.8 Å². The number of alkyl carbamates (subject to hydrolysis) is 1. The molecule has 10 heteroatoms. The molecule has 0 fully saturated rings. The van der Waals surface area contributed by atoms with Gasteiger partial charge in [-0.05, 0) is 45.9 Å². The van der Waals surface area contributed by atoms with Crippen LogP contribution in [0.25, 0.3) is 17.0 Å². The minimum Gasteiger partial charge on any atom is -0.444 e. The van der Waals surface area contributed by atoms with E-state index in [1.54, 1.807) is 50.3 Å². The lowest BCUT2D eigenvalue weighted by Gasteiger charge is -2.21. The van der Waals surface area contributed by atoms with Gasteiger partial charge in [0.25, 0.3) is 5.91 Å². The number of hydrogen-bond donors (Lipinski definition) is 2. The number of fused-ring (bicyclic) bond motifs is 1. The first-order valence-corrected chi connectivity index (χ1v) is 9.82. The Hall–Kier alpha value is -2.84. The molecule has 30 heavy (non-hydrogen) atoms. The van der Waals surface area contributed by atoms with Crippen LogP contribution in [0.1, 0.15) is 42.5 Å². The summed E-state index contributed by atoms with van der Waals surface area (Å²) < 4.78 is 6.93. The average Bonchev–Trinajstić information content (AvgIpc) is 3.02. The van der Waals surface area contributed by atoms with E-state index in [4.69, 9.17) is 33.7 Å². The molecule has 3 rings (SSSR count). The lowest BCUT2D eigenvalue weighted by Crippen LogP contribution is -2.32. The number of carbonyl (C=O) groups excluding carboxylic acids is 2. The van der Waals surface area contributed by atoms with Crippen molar-refractivity contribution in [2.45, 2.75) is 39.8 Å². The van der Waals surface area contributed by atoms with Crippen molar-refractivity contribution in [3.63, 3.8) is 0 Å². The quantitative estimate of drug-likeness (QED) is 0.621. The number of nitrogens with two attached hydrogens (primary N) is 1. The molecule has 158 valence electrons. The van der Waals surface area contributed by atoms with E-state index in [1.807, 2.05) is 0 Å². The van der Waals surface area contributed by atoms with Gasteiger partial charge in [0, 0.05) is 28.0 Å². The van der Waals surface area contributed by atoms with Gasteiger partial charge in [-0.3, -0.25) is 9.20 Å². The Morgan fingerprint density at radius 3 is 2.53 bits per heavy atom. The summed E-state index contributed by atoms with van der Waals surface area (Å²) >= 11 is 12.5. The zero-order chi connectivity index (χ0) is 22.2. The van der Waals surface area contributed by atoms with Gasteiger partial charge >= 0.3 is 6.09 Å². The third-order valence-electron chi connectivity index (χ3n) is 4.17. The number of imidazole rings is 1. The van der Waals surface area contributed by atoms with Crippen molar-refractivity contribution in [2.24, 2.45) is 5.73 Å². The van der Waals surface area contributed by atoms with E-state index in [2.05, 4.69) is 15.3 Å². The fraction of sp³-hybridized carbons (Fsp3) is 0.300. The van der Waals surface area contributed by atoms with Crippen LogP contribution >= 0.6 is 23.2 Å². The highest BCUT2D eigenvalue weighted by atomic mass is 35.5. The second kappa shape index (κ2) is 8.12. The molecule has 3 aromatic rings. The number of hydrogen-bond acceptors (Lipinski definition) is 5. The van der Waals surface area contributed by atoms with Crippen LogP contribution < -0.4 is 11.1 Å². The molecule has 0 aliphatic heterocycles. The first-order valence-electron chi connectivity index (χ1n) is 9.07. The second-order valence-electron chi connectivity index (χ2n) is 7.66. The molecule has 0 bridgehead atoms. The number of carbonyl (C=O) groups is 2. The van der Waals surface area contributed by atoms with Crippen molar-refractivity contribution in [2.75, 3.05) is 0 Å². The molecule has 1 aromatic carbocycles. The molecule has 8 nitrogen and oxygen atoms in total. The maximum absolute atomic E-state index is 12.2. The minimum atomic E-state index is -0.681. The smallest absolute Gasteiger partial charge is 0.407 e. The van der Waals surface area contributed by atoms with Gasteiger partial charge in [-0.15, -0.1) is 0 Å². The van der Waals surface area contributed by atoms with Gasteiger partial charge in [-0.1, -0.05) is 23.2 Å². The Morgan fingerprint density at radius 2 is 1.93 bits per heavy atom. The minimum absolute atomic E-state index is 0.0606. The van der Waals surface area contributed by atoms with Crippen LogP contribution in [0.5, 0.6) is 0 Å². The van der Waals surface area contributed by atoms with E-state index in [0.29, 0.717) is 32.6 Å². The number of nitrogens with one attached hydrogen (secondary N) is 1. The summed E-state index contributed by atoms with van der Waals surface area (Å²) in [5, 5.41) is 3.60. The number of aryl methyl sites for hydroxylation is 1. The maximum Gasteiger partial charge on any atom is 0.407 e. The molecule has 0 aliphatic carbocycles. The fourth-order valence-corrected chi connectivity index (χ4v) is 3.43. The number of primary amides is 1. The lowest BCUT2D eigenvalue weighted by atomic mass is 10.0. The maximum atomic E-state index is 12.2. The summed E-state index contributed by atoms with van der Waals surface area (Å²) in [6.45, 7) is 7.23. The molecule has 2 amide bonds. The molecule has 2 aromatic heterocycles. The summed E-state index contributed by atoms with van der Waals surface area (Å²) in [5.74, 6) is -0.400. The normalized spacial score (nSPS) is 11.5. The summed E-state index contributed by atoms with van der Waals surface area (Å²) in [4.78, 5) is 32.5. The highest BCUT2D eigenvalue weighted by molar-refractivity contribution is 6.36. The summed E-state index contributed by atoms with van der Waals surface area (Å²) in [6, 6.07) is 5.05. The summed E-state index contributed by atoms with van der Waals surface area (Å²) in [6.07, 6.45) is 0.917. The molecular weight excluding hydrogens is 429 g/mol. The van der Waals surface area contributed by atoms with E-state index < -0.39 is 17.6 Å². The Bertz CT molecular complexity index is 1150. The van der Waals surface area contributed by atoms with E-state index in [-0.39, 0.29) is 18.0 Å². The zero-order valence-electron chi connectivity index (χ0n) is 16.9. The van der Waals surface area contributed by atoms with Gasteiger partial charge in [0.1, 0.15) is 11.3 Å². The van der Waals surface area contributed by atoms with Gasteiger partial charge < -0.3 is 15.8 Å². The number of rotatable bonds is 4. The third-order valence-corrected chi connectivity index (χ3v) is 4.71. The van der Waals surface area contributed by atoms with E-state index in [1.165, 1.54) is 6.20 Å². The van der Waals surface area contributed by atoms with Crippen molar-refractivity contribution in [1.29, 1.82) is 0 Å². The topological polar surface area (TPSA) is 112 Å². The van der Waals surface area contributed by atoms with Crippen LogP contribution in [-0.4, -0.2) is 32.0 Å². The molecule has 0 atom stereocenters. The van der Waals surface area contributed by atoms with E-state index in [0.717, 1.165) is 0 Å². The van der Waals surface area contributed by atoms with Crippen LogP contribution in [-0.2, 0) is 11.3 Å². The van der Waals surface area contributed by atoms with Crippen LogP contribution in [0.3, 0.4) is 0 Å². The average molecular weight is 450 g/mol. The van der Waals surface area contributed by atoms with Crippen LogP contribution in [0.15, 0.2) is 24.4 Å². The number of nitrogens with zero attached hydrogens (tertiary/aromatic N) is 3. The number of halogens is 2. The number of benzene rings is 1. The van der Waals surface area contributed by atoms with Crippen molar-refractivity contribution in [3.05, 3.63) is 51.4 Å². The molecule has 0 unspecified atom stereocenters. The molecule has 0 saturated heterocycles. The Morgan fingerprint density at radius 1 is 1.23 bits per heavy atom. The number of ether oxygens (including phenoxy) is 1. The molecule has 3 N–H and O–H groups in total. The standard InChI is InChI=1S/C20H21Cl2N5O3/c1-10-13(8-24-19(29)30-20(2,3)4)16(12-6-5-11(21)7-14(12)22)27-9-15(17(23)28)26-18(27)25-10/h5-7,9H,8H2,1-4H3,(H2,23,28)(H,24,29). The van der Waals surface area contributed by atoms with Crippen molar-refractivity contribution < 1.29 is 14.3 Å². The van der Waals surface area contributed by atoms with Gasteiger partial charge in [-0.2, -0.15) is 0 Å². The monoisotopic (exact) mass is 449 g/mol. The fourth-order valence-electron chi connectivity index (χ4n) is 2.93. The number of amides is 2. The summed E-state index contributed by atoms with van der Waals surface area (Å²) in [5.41, 5.74) is 7.32. The van der Waals surface area contributed by atoms with Crippen molar-refractivity contribution in [3.8, 4) is 11.3 Å². The van der Waals surface area contributed by atoms with Crippen LogP contribution in [0.2, 0.25) is 10.0 Å². The highest BCUT2D eigenvalue weighted by Crippen LogP contribution is 2.34. The first-order chi connectivity index (χ1) is 14.0. The molecule has 0 aliphatic rings. The Balaban J connectivity index is 2.16. The Labute approximate surface area is 183 Å². The predicted molar refractivity (Wildman–Crippen MR) is 115 cm³/mol.